The van der Waals surface area contributed by atoms with Gasteiger partial charge in [-0.1, -0.05) is 13.8 Å². The van der Waals surface area contributed by atoms with Gasteiger partial charge in [-0.2, -0.15) is 0 Å². The lowest BCUT2D eigenvalue weighted by molar-refractivity contribution is -0.143. The van der Waals surface area contributed by atoms with E-state index >= 15 is 0 Å². The summed E-state index contributed by atoms with van der Waals surface area (Å²) >= 11 is 1.40. The smallest absolute Gasteiger partial charge is 0.316 e. The van der Waals surface area contributed by atoms with Gasteiger partial charge in [-0.05, 0) is 18.6 Å². The van der Waals surface area contributed by atoms with Crippen molar-refractivity contribution in [2.75, 3.05) is 12.4 Å². The summed E-state index contributed by atoms with van der Waals surface area (Å²) in [7, 11) is 0. The Bertz CT molecular complexity index is 206. The first-order valence-electron chi connectivity index (χ1n) is 5.11. The summed E-state index contributed by atoms with van der Waals surface area (Å²) in [6.45, 7) is 3.98. The predicted molar refractivity (Wildman–Crippen MR) is 60.0 cm³/mol. The third-order valence-corrected chi connectivity index (χ3v) is 3.27. The maximum atomic E-state index is 10.8. The number of thioether (sulfide) groups is 1. The highest BCUT2D eigenvalue weighted by Crippen LogP contribution is 2.15. The van der Waals surface area contributed by atoms with Crippen LogP contribution < -0.4 is 0 Å². The molecule has 0 radical (unpaired) electrons. The number of carboxylic acid groups (broad SMARTS) is 1. The van der Waals surface area contributed by atoms with Crippen LogP contribution in [0.5, 0.6) is 0 Å². The molecule has 0 saturated heterocycles. The molecular weight excluding hydrogens is 216 g/mol. The minimum atomic E-state index is -0.770. The predicted octanol–water partition coefficient (Wildman–Crippen LogP) is 1.93. The van der Waals surface area contributed by atoms with E-state index in [9.17, 15) is 9.59 Å². The van der Waals surface area contributed by atoms with Gasteiger partial charge in [-0.25, -0.2) is 0 Å². The fraction of sp³-hybridized carbons (Fsp3) is 0.800. The average molecular weight is 234 g/mol. The molecule has 0 amide bonds. The first-order valence-corrected chi connectivity index (χ1v) is 6.16. The summed E-state index contributed by atoms with van der Waals surface area (Å²) in [5.74, 6) is -0.264. The SMILES string of the molecule is CCC(=O)OCCCSC(CC)C(=O)O. The number of ether oxygens (including phenoxy) is 1. The molecule has 1 atom stereocenters. The van der Waals surface area contributed by atoms with Crippen LogP contribution >= 0.6 is 11.8 Å². The van der Waals surface area contributed by atoms with Gasteiger partial charge < -0.3 is 9.84 Å². The highest BCUT2D eigenvalue weighted by atomic mass is 32.2. The summed E-state index contributed by atoms with van der Waals surface area (Å²) < 4.78 is 4.87. The average Bonchev–Trinajstić information content (AvgIpc) is 2.22. The van der Waals surface area contributed by atoms with Gasteiger partial charge in [0, 0.05) is 6.42 Å². The number of rotatable bonds is 8. The zero-order valence-electron chi connectivity index (χ0n) is 9.19. The highest BCUT2D eigenvalue weighted by molar-refractivity contribution is 8.00. The zero-order chi connectivity index (χ0) is 11.7. The molecule has 0 spiro atoms. The molecule has 0 aliphatic rings. The second-order valence-electron chi connectivity index (χ2n) is 3.03. The molecule has 0 bridgehead atoms. The summed E-state index contributed by atoms with van der Waals surface area (Å²) in [5, 5.41) is 8.41. The molecule has 5 heteroatoms. The topological polar surface area (TPSA) is 63.6 Å². The van der Waals surface area contributed by atoms with E-state index in [2.05, 4.69) is 0 Å². The third kappa shape index (κ3) is 7.25. The maximum Gasteiger partial charge on any atom is 0.316 e. The number of carboxylic acids is 1. The van der Waals surface area contributed by atoms with Crippen LogP contribution in [0.2, 0.25) is 0 Å². The van der Waals surface area contributed by atoms with Gasteiger partial charge in [0.05, 0.1) is 6.61 Å². The fourth-order valence-corrected chi connectivity index (χ4v) is 1.88. The molecule has 0 aliphatic carbocycles. The van der Waals surface area contributed by atoms with Crippen LogP contribution in [0.25, 0.3) is 0 Å². The summed E-state index contributed by atoms with van der Waals surface area (Å²) in [6, 6.07) is 0. The Morgan fingerprint density at radius 2 is 2.07 bits per heavy atom. The Kier molecular flexibility index (Phi) is 8.18. The number of aliphatic carboxylic acids is 1. The van der Waals surface area contributed by atoms with Gasteiger partial charge in [0.25, 0.3) is 0 Å². The largest absolute Gasteiger partial charge is 0.480 e. The maximum absolute atomic E-state index is 10.8. The summed E-state index contributed by atoms with van der Waals surface area (Å²) in [4.78, 5) is 21.4. The molecule has 0 aliphatic heterocycles. The Labute approximate surface area is 94.4 Å². The first-order chi connectivity index (χ1) is 7.11. The normalized spacial score (nSPS) is 12.1. The van der Waals surface area contributed by atoms with Crippen LogP contribution in [0.3, 0.4) is 0 Å². The van der Waals surface area contributed by atoms with E-state index in [1.807, 2.05) is 6.92 Å². The molecule has 0 rings (SSSR count). The summed E-state index contributed by atoms with van der Waals surface area (Å²) in [5.41, 5.74) is 0. The second-order valence-corrected chi connectivity index (χ2v) is 4.34. The van der Waals surface area contributed by atoms with Gasteiger partial charge >= 0.3 is 11.9 Å². The quantitative estimate of drug-likeness (QED) is 0.513. The van der Waals surface area contributed by atoms with Crippen molar-refractivity contribution >= 4 is 23.7 Å². The first kappa shape index (κ1) is 14.3. The molecule has 1 N–H and O–H groups in total. The molecule has 0 aromatic rings. The van der Waals surface area contributed by atoms with Crippen molar-refractivity contribution in [3.63, 3.8) is 0 Å². The van der Waals surface area contributed by atoms with Gasteiger partial charge in [0.2, 0.25) is 0 Å². The van der Waals surface area contributed by atoms with Crippen molar-refractivity contribution in [1.29, 1.82) is 0 Å². The van der Waals surface area contributed by atoms with E-state index in [1.54, 1.807) is 6.92 Å². The summed E-state index contributed by atoms with van der Waals surface area (Å²) in [6.07, 6.45) is 1.72. The number of hydrogen-bond acceptors (Lipinski definition) is 4. The van der Waals surface area contributed by atoms with Gasteiger partial charge in [0.15, 0.2) is 0 Å². The lowest BCUT2D eigenvalue weighted by atomic mass is 10.3. The number of esters is 1. The van der Waals surface area contributed by atoms with Crippen molar-refractivity contribution in [2.24, 2.45) is 0 Å². The molecule has 15 heavy (non-hydrogen) atoms. The van der Waals surface area contributed by atoms with Gasteiger partial charge in [-0.3, -0.25) is 9.59 Å². The van der Waals surface area contributed by atoms with Crippen LogP contribution in [0, 0.1) is 0 Å². The van der Waals surface area contributed by atoms with Crippen LogP contribution in [-0.2, 0) is 14.3 Å². The standard InChI is InChI=1S/C10H18O4S/c1-3-8(10(12)13)15-7-5-6-14-9(11)4-2/h8H,3-7H2,1-2H3,(H,12,13). The lowest BCUT2D eigenvalue weighted by Crippen LogP contribution is -2.16. The molecule has 4 nitrogen and oxygen atoms in total. The van der Waals surface area contributed by atoms with Crippen molar-refractivity contribution in [2.45, 2.75) is 38.4 Å². The van der Waals surface area contributed by atoms with E-state index in [0.29, 0.717) is 31.6 Å². The van der Waals surface area contributed by atoms with E-state index in [1.165, 1.54) is 11.8 Å². The minimum Gasteiger partial charge on any atom is -0.480 e. The van der Waals surface area contributed by atoms with Crippen molar-refractivity contribution in [3.05, 3.63) is 0 Å². The number of carbonyl (C=O) groups excluding carboxylic acids is 1. The lowest BCUT2D eigenvalue weighted by Gasteiger charge is -2.08. The number of hydrogen-bond donors (Lipinski definition) is 1. The van der Waals surface area contributed by atoms with Gasteiger partial charge in [-0.15, -0.1) is 11.8 Å². The molecule has 0 aromatic carbocycles. The molecule has 0 saturated carbocycles. The Balaban J connectivity index is 3.45. The molecule has 88 valence electrons. The monoisotopic (exact) mass is 234 g/mol. The van der Waals surface area contributed by atoms with Gasteiger partial charge in [0.1, 0.15) is 5.25 Å². The minimum absolute atomic E-state index is 0.203. The van der Waals surface area contributed by atoms with E-state index in [4.69, 9.17) is 9.84 Å². The zero-order valence-corrected chi connectivity index (χ0v) is 10.0. The third-order valence-electron chi connectivity index (χ3n) is 1.81. The Hall–Kier alpha value is -0.710. The Morgan fingerprint density at radius 1 is 1.40 bits per heavy atom. The van der Waals surface area contributed by atoms with Crippen LogP contribution in [-0.4, -0.2) is 34.7 Å². The van der Waals surface area contributed by atoms with Crippen LogP contribution in [0.15, 0.2) is 0 Å². The van der Waals surface area contributed by atoms with Crippen LogP contribution in [0.1, 0.15) is 33.1 Å². The van der Waals surface area contributed by atoms with Crippen molar-refractivity contribution in [3.8, 4) is 0 Å². The Morgan fingerprint density at radius 3 is 2.53 bits per heavy atom. The fourth-order valence-electron chi connectivity index (χ4n) is 0.936. The van der Waals surface area contributed by atoms with Crippen molar-refractivity contribution in [1.82, 2.24) is 0 Å². The van der Waals surface area contributed by atoms with E-state index < -0.39 is 5.97 Å². The van der Waals surface area contributed by atoms with Crippen molar-refractivity contribution < 1.29 is 19.4 Å². The second kappa shape index (κ2) is 8.59. The molecule has 0 aromatic heterocycles. The highest BCUT2D eigenvalue weighted by Gasteiger charge is 2.14. The van der Waals surface area contributed by atoms with E-state index in [-0.39, 0.29) is 11.2 Å². The van der Waals surface area contributed by atoms with Crippen LogP contribution in [0.4, 0.5) is 0 Å². The van der Waals surface area contributed by atoms with E-state index in [0.717, 1.165) is 0 Å². The molecule has 1 unspecified atom stereocenters. The molecular formula is C10H18O4S. The number of carbonyl (C=O) groups is 2. The molecule has 0 heterocycles. The molecule has 0 fully saturated rings.